The molecule has 0 fully saturated rings. The monoisotopic (exact) mass is 320 g/mol. The fourth-order valence-electron chi connectivity index (χ4n) is 1.57. The second-order valence-corrected chi connectivity index (χ2v) is 6.33. The largest absolute Gasteiger partial charge is 0.391 e. The van der Waals surface area contributed by atoms with Gasteiger partial charge in [0.05, 0.1) is 13.2 Å². The van der Waals surface area contributed by atoms with E-state index in [4.69, 9.17) is 9.84 Å². The second kappa shape index (κ2) is 9.09. The fourth-order valence-corrected chi connectivity index (χ4v) is 2.94. The molecule has 0 aliphatic carbocycles. The van der Waals surface area contributed by atoms with E-state index >= 15 is 0 Å². The number of halogens is 1. The number of hydrogen-bond acceptors (Lipinski definition) is 3. The number of ether oxygens (including phenoxy) is 1. The van der Waals surface area contributed by atoms with Gasteiger partial charge in [-0.2, -0.15) is 0 Å². The highest BCUT2D eigenvalue weighted by Gasteiger charge is 2.04. The maximum absolute atomic E-state index is 8.96. The van der Waals surface area contributed by atoms with Crippen molar-refractivity contribution in [3.63, 3.8) is 0 Å². The van der Waals surface area contributed by atoms with E-state index in [9.17, 15) is 0 Å². The zero-order valence-corrected chi connectivity index (χ0v) is 12.7. The summed E-state index contributed by atoms with van der Waals surface area (Å²) in [5, 5.41) is 9.14. The van der Waals surface area contributed by atoms with Crippen molar-refractivity contribution < 1.29 is 9.84 Å². The molecule has 1 aromatic rings. The minimum Gasteiger partial charge on any atom is -0.391 e. The summed E-state index contributed by atoms with van der Waals surface area (Å²) in [7, 11) is 0. The lowest BCUT2D eigenvalue weighted by atomic mass is 10.2. The van der Waals surface area contributed by atoms with Crippen molar-refractivity contribution in [3.05, 3.63) is 21.9 Å². The molecule has 0 aliphatic rings. The lowest BCUT2D eigenvalue weighted by Gasteiger charge is -2.10. The van der Waals surface area contributed by atoms with Gasteiger partial charge in [0.25, 0.3) is 0 Å². The van der Waals surface area contributed by atoms with Crippen molar-refractivity contribution in [1.82, 2.24) is 0 Å². The Morgan fingerprint density at radius 3 is 2.76 bits per heavy atom. The third-order valence-electron chi connectivity index (χ3n) is 2.55. The van der Waals surface area contributed by atoms with Crippen molar-refractivity contribution in [2.24, 2.45) is 0 Å². The van der Waals surface area contributed by atoms with Gasteiger partial charge in [-0.1, -0.05) is 35.7 Å². The zero-order chi connectivity index (χ0) is 12.5. The molecule has 1 aromatic heterocycles. The van der Waals surface area contributed by atoms with E-state index in [1.54, 1.807) is 11.3 Å². The molecule has 0 aromatic carbocycles. The Hall–Kier alpha value is 0.100. The predicted octanol–water partition coefficient (Wildman–Crippen LogP) is 4.10. The van der Waals surface area contributed by atoms with Crippen molar-refractivity contribution in [2.75, 3.05) is 6.61 Å². The van der Waals surface area contributed by atoms with Crippen LogP contribution >= 0.6 is 27.3 Å². The van der Waals surface area contributed by atoms with Crippen LogP contribution in [0.25, 0.3) is 0 Å². The normalized spacial score (nSPS) is 12.9. The molecular formula is C13H21BrO2S. The third kappa shape index (κ3) is 6.55. The van der Waals surface area contributed by atoms with Gasteiger partial charge in [0.2, 0.25) is 0 Å². The van der Waals surface area contributed by atoms with Gasteiger partial charge in [-0.25, -0.2) is 0 Å². The van der Waals surface area contributed by atoms with Gasteiger partial charge in [-0.15, -0.1) is 11.3 Å². The maximum atomic E-state index is 8.96. The molecule has 17 heavy (non-hydrogen) atoms. The molecule has 1 rings (SSSR count). The van der Waals surface area contributed by atoms with Crippen LogP contribution in [0.2, 0.25) is 0 Å². The van der Waals surface area contributed by atoms with Crippen LogP contribution in [-0.4, -0.2) is 16.7 Å². The lowest BCUT2D eigenvalue weighted by molar-refractivity contribution is 0.113. The highest BCUT2D eigenvalue weighted by atomic mass is 79.9. The molecule has 2 nitrogen and oxygen atoms in total. The van der Waals surface area contributed by atoms with E-state index in [-0.39, 0.29) is 11.6 Å². The first-order valence-corrected chi connectivity index (χ1v) is 7.93. The summed E-state index contributed by atoms with van der Waals surface area (Å²) in [5.74, 6) is 0. The molecule has 1 atom stereocenters. The molecule has 1 N–H and O–H groups in total. The van der Waals surface area contributed by atoms with Crippen LogP contribution in [0, 0.1) is 0 Å². The first-order chi connectivity index (χ1) is 8.26. The standard InChI is InChI=1S/C13H21BrO2S/c1-2-3-4-5-13(14)16-9-8-11-6-7-12(10-15)17-11/h6-7,13,15H,2-5,8-10H2,1H3. The number of rotatable bonds is 9. The predicted molar refractivity (Wildman–Crippen MR) is 76.8 cm³/mol. The third-order valence-corrected chi connectivity index (χ3v) is 4.41. The van der Waals surface area contributed by atoms with Crippen LogP contribution in [0.1, 0.15) is 42.4 Å². The van der Waals surface area contributed by atoms with Gasteiger partial charge in [0.15, 0.2) is 0 Å². The van der Waals surface area contributed by atoms with E-state index < -0.39 is 0 Å². The Morgan fingerprint density at radius 2 is 2.12 bits per heavy atom. The van der Waals surface area contributed by atoms with Gasteiger partial charge in [-0.05, 0) is 25.0 Å². The Labute approximate surface area is 116 Å². The Morgan fingerprint density at radius 1 is 1.35 bits per heavy atom. The molecular weight excluding hydrogens is 300 g/mol. The number of alkyl halides is 1. The highest BCUT2D eigenvalue weighted by Crippen LogP contribution is 2.18. The van der Waals surface area contributed by atoms with Gasteiger partial charge < -0.3 is 9.84 Å². The van der Waals surface area contributed by atoms with Crippen molar-refractivity contribution >= 4 is 27.3 Å². The molecule has 0 bridgehead atoms. The first-order valence-electron chi connectivity index (χ1n) is 6.20. The summed E-state index contributed by atoms with van der Waals surface area (Å²) >= 11 is 5.20. The fraction of sp³-hybridized carbons (Fsp3) is 0.692. The quantitative estimate of drug-likeness (QED) is 0.548. The number of aliphatic hydroxyl groups excluding tert-OH is 1. The number of unbranched alkanes of at least 4 members (excludes halogenated alkanes) is 2. The smallest absolute Gasteiger partial charge is 0.112 e. The second-order valence-electron chi connectivity index (χ2n) is 4.05. The topological polar surface area (TPSA) is 29.5 Å². The molecule has 0 saturated carbocycles. The Kier molecular flexibility index (Phi) is 8.10. The summed E-state index contributed by atoms with van der Waals surface area (Å²) in [5.41, 5.74) is 0. The minimum absolute atomic E-state index is 0.142. The molecule has 0 radical (unpaired) electrons. The van der Waals surface area contributed by atoms with Gasteiger partial charge in [0.1, 0.15) is 5.01 Å². The molecule has 0 spiro atoms. The first kappa shape index (κ1) is 15.2. The Balaban J connectivity index is 2.10. The summed E-state index contributed by atoms with van der Waals surface area (Å²) in [6.07, 6.45) is 5.76. The van der Waals surface area contributed by atoms with Gasteiger partial charge in [-0.3, -0.25) is 0 Å². The van der Waals surface area contributed by atoms with Crippen LogP contribution in [0.15, 0.2) is 12.1 Å². The van der Waals surface area contributed by atoms with Crippen molar-refractivity contribution in [2.45, 2.75) is 50.6 Å². The summed E-state index contributed by atoms with van der Waals surface area (Å²) in [6, 6.07) is 4.05. The van der Waals surface area contributed by atoms with Crippen LogP contribution in [0.3, 0.4) is 0 Å². The molecule has 98 valence electrons. The Bertz CT molecular complexity index is 301. The molecule has 4 heteroatoms. The molecule has 1 unspecified atom stereocenters. The van der Waals surface area contributed by atoms with Crippen LogP contribution < -0.4 is 0 Å². The van der Waals surface area contributed by atoms with E-state index in [0.29, 0.717) is 0 Å². The van der Waals surface area contributed by atoms with E-state index in [0.717, 1.165) is 24.3 Å². The van der Waals surface area contributed by atoms with Crippen molar-refractivity contribution in [1.29, 1.82) is 0 Å². The summed E-state index contributed by atoms with van der Waals surface area (Å²) in [6.45, 7) is 3.09. The summed E-state index contributed by atoms with van der Waals surface area (Å²) < 4.78 is 5.70. The van der Waals surface area contributed by atoms with E-state index in [1.807, 2.05) is 6.07 Å². The maximum Gasteiger partial charge on any atom is 0.112 e. The average molecular weight is 321 g/mol. The average Bonchev–Trinajstić information content (AvgIpc) is 2.77. The highest BCUT2D eigenvalue weighted by molar-refractivity contribution is 9.09. The SMILES string of the molecule is CCCCCC(Br)OCCc1ccc(CO)s1. The van der Waals surface area contributed by atoms with Crippen molar-refractivity contribution in [3.8, 4) is 0 Å². The number of thiophene rings is 1. The van der Waals surface area contributed by atoms with E-state index in [1.165, 1.54) is 24.1 Å². The molecule has 0 saturated heterocycles. The lowest BCUT2D eigenvalue weighted by Crippen LogP contribution is -2.07. The molecule has 1 heterocycles. The summed E-state index contributed by atoms with van der Waals surface area (Å²) in [4.78, 5) is 2.31. The van der Waals surface area contributed by atoms with Gasteiger partial charge >= 0.3 is 0 Å². The number of aliphatic hydroxyl groups is 1. The zero-order valence-electron chi connectivity index (χ0n) is 10.3. The van der Waals surface area contributed by atoms with E-state index in [2.05, 4.69) is 28.9 Å². The minimum atomic E-state index is 0.142. The van der Waals surface area contributed by atoms with Crippen LogP contribution in [0.5, 0.6) is 0 Å². The van der Waals surface area contributed by atoms with Crippen LogP contribution in [-0.2, 0) is 17.8 Å². The van der Waals surface area contributed by atoms with Gasteiger partial charge in [0, 0.05) is 16.2 Å². The number of hydrogen-bond donors (Lipinski definition) is 1. The molecule has 0 aliphatic heterocycles. The molecule has 0 amide bonds. The van der Waals surface area contributed by atoms with Crippen LogP contribution in [0.4, 0.5) is 0 Å².